The van der Waals surface area contributed by atoms with E-state index in [1.807, 2.05) is 29.2 Å². The number of aromatic amines is 1. The standard InChI is InChI=1S/C23H24ClN3O4/c24-18-5-1-16(2-6-18)3-8-22(29)27-13-11-26(12-14-27)10-9-20(28)17-4-7-19-21(15-17)31-23(30)25-19/h1-2,4-7,15H,3,8-14H2,(H,25,30). The number of oxazole rings is 1. The van der Waals surface area contributed by atoms with Gasteiger partial charge in [-0.2, -0.15) is 0 Å². The maximum absolute atomic E-state index is 12.5. The highest BCUT2D eigenvalue weighted by Gasteiger charge is 2.21. The highest BCUT2D eigenvalue weighted by Crippen LogP contribution is 2.15. The number of hydrogen-bond donors (Lipinski definition) is 1. The van der Waals surface area contributed by atoms with Gasteiger partial charge in [-0.05, 0) is 42.3 Å². The third-order valence-electron chi connectivity index (χ3n) is 5.66. The number of amides is 1. The number of nitrogens with zero attached hydrogens (tertiary/aromatic N) is 2. The smallest absolute Gasteiger partial charge is 0.408 e. The third-order valence-corrected chi connectivity index (χ3v) is 5.92. The van der Waals surface area contributed by atoms with Crippen LogP contribution >= 0.6 is 11.6 Å². The molecule has 1 saturated heterocycles. The van der Waals surface area contributed by atoms with Gasteiger partial charge >= 0.3 is 5.76 Å². The topological polar surface area (TPSA) is 86.6 Å². The first-order valence-corrected chi connectivity index (χ1v) is 10.8. The van der Waals surface area contributed by atoms with Gasteiger partial charge in [-0.1, -0.05) is 23.7 Å². The van der Waals surface area contributed by atoms with Gasteiger partial charge in [-0.15, -0.1) is 0 Å². The lowest BCUT2D eigenvalue weighted by molar-refractivity contribution is -0.132. The van der Waals surface area contributed by atoms with Crippen molar-refractivity contribution < 1.29 is 14.0 Å². The SMILES string of the molecule is O=C(CCN1CCN(C(=O)CCc2ccc(Cl)cc2)CC1)c1ccc2[nH]c(=O)oc2c1. The fourth-order valence-corrected chi connectivity index (χ4v) is 3.93. The monoisotopic (exact) mass is 441 g/mol. The van der Waals surface area contributed by atoms with Crippen LogP contribution in [0.5, 0.6) is 0 Å². The zero-order chi connectivity index (χ0) is 21.8. The van der Waals surface area contributed by atoms with Gasteiger partial charge in [-0.3, -0.25) is 19.5 Å². The molecule has 3 aromatic rings. The Morgan fingerprint density at radius 2 is 1.74 bits per heavy atom. The van der Waals surface area contributed by atoms with Gasteiger partial charge in [0.2, 0.25) is 5.91 Å². The molecule has 2 aromatic carbocycles. The molecule has 1 N–H and O–H groups in total. The molecule has 0 aliphatic carbocycles. The predicted molar refractivity (Wildman–Crippen MR) is 119 cm³/mol. The minimum Gasteiger partial charge on any atom is -0.408 e. The molecule has 2 heterocycles. The summed E-state index contributed by atoms with van der Waals surface area (Å²) in [5.41, 5.74) is 2.61. The lowest BCUT2D eigenvalue weighted by Crippen LogP contribution is -2.49. The average molecular weight is 442 g/mol. The van der Waals surface area contributed by atoms with Gasteiger partial charge in [-0.25, -0.2) is 4.79 Å². The maximum atomic E-state index is 12.5. The Hall–Kier alpha value is -2.90. The van der Waals surface area contributed by atoms with E-state index in [9.17, 15) is 14.4 Å². The fourth-order valence-electron chi connectivity index (χ4n) is 3.80. The number of fused-ring (bicyclic) bond motifs is 1. The van der Waals surface area contributed by atoms with E-state index in [0.29, 0.717) is 60.6 Å². The highest BCUT2D eigenvalue weighted by molar-refractivity contribution is 6.30. The molecule has 4 rings (SSSR count). The Labute approximate surface area is 184 Å². The van der Waals surface area contributed by atoms with Crippen LogP contribution in [0, 0.1) is 0 Å². The molecule has 0 saturated carbocycles. The van der Waals surface area contributed by atoms with Crippen LogP contribution in [0.2, 0.25) is 5.02 Å². The first-order valence-electron chi connectivity index (χ1n) is 10.4. The predicted octanol–water partition coefficient (Wildman–Crippen LogP) is 3.12. The first kappa shape index (κ1) is 21.3. The molecule has 31 heavy (non-hydrogen) atoms. The minimum atomic E-state index is -0.528. The number of carbonyl (C=O) groups excluding carboxylic acids is 2. The Morgan fingerprint density at radius 1 is 1.00 bits per heavy atom. The summed E-state index contributed by atoms with van der Waals surface area (Å²) in [4.78, 5) is 42.9. The van der Waals surface area contributed by atoms with Crippen LogP contribution in [-0.2, 0) is 11.2 Å². The Bertz CT molecular complexity index is 1130. The summed E-state index contributed by atoms with van der Waals surface area (Å²) in [6.45, 7) is 3.50. The number of H-pyrrole nitrogens is 1. The molecule has 0 radical (unpaired) electrons. The first-order chi connectivity index (χ1) is 15.0. The van der Waals surface area contributed by atoms with Crippen LogP contribution in [-0.4, -0.2) is 59.2 Å². The number of aromatic nitrogens is 1. The molecule has 1 amide bonds. The lowest BCUT2D eigenvalue weighted by Gasteiger charge is -2.34. The normalized spacial score (nSPS) is 14.8. The zero-order valence-electron chi connectivity index (χ0n) is 17.1. The van der Waals surface area contributed by atoms with E-state index in [4.69, 9.17) is 16.0 Å². The Kier molecular flexibility index (Phi) is 6.53. The van der Waals surface area contributed by atoms with Gasteiger partial charge in [0, 0.05) is 56.2 Å². The number of hydrogen-bond acceptors (Lipinski definition) is 5. The van der Waals surface area contributed by atoms with Gasteiger partial charge in [0.15, 0.2) is 11.4 Å². The summed E-state index contributed by atoms with van der Waals surface area (Å²) < 4.78 is 5.02. The summed E-state index contributed by atoms with van der Waals surface area (Å²) in [6, 6.07) is 12.6. The van der Waals surface area contributed by atoms with Crippen LogP contribution in [0.25, 0.3) is 11.1 Å². The van der Waals surface area contributed by atoms with Crippen molar-refractivity contribution >= 4 is 34.4 Å². The molecule has 0 unspecified atom stereocenters. The number of benzene rings is 2. The van der Waals surface area contributed by atoms with Gasteiger partial charge in [0.05, 0.1) is 5.52 Å². The Morgan fingerprint density at radius 3 is 2.48 bits per heavy atom. The number of aryl methyl sites for hydroxylation is 1. The summed E-state index contributed by atoms with van der Waals surface area (Å²) in [6.07, 6.45) is 1.57. The zero-order valence-corrected chi connectivity index (χ0v) is 17.9. The number of rotatable bonds is 7. The minimum absolute atomic E-state index is 0.00668. The molecule has 162 valence electrons. The van der Waals surface area contributed by atoms with E-state index < -0.39 is 5.76 Å². The van der Waals surface area contributed by atoms with E-state index in [-0.39, 0.29) is 11.7 Å². The van der Waals surface area contributed by atoms with E-state index >= 15 is 0 Å². The molecule has 0 bridgehead atoms. The van der Waals surface area contributed by atoms with E-state index in [0.717, 1.165) is 18.7 Å². The van der Waals surface area contributed by atoms with Crippen molar-refractivity contribution in [3.05, 3.63) is 69.2 Å². The molecular weight excluding hydrogens is 418 g/mol. The molecule has 1 aliphatic heterocycles. The van der Waals surface area contributed by atoms with Gasteiger partial charge in [0.1, 0.15) is 0 Å². The maximum Gasteiger partial charge on any atom is 0.417 e. The molecule has 8 heteroatoms. The molecule has 7 nitrogen and oxygen atoms in total. The van der Waals surface area contributed by atoms with Crippen LogP contribution in [0.1, 0.15) is 28.8 Å². The molecule has 0 spiro atoms. The van der Waals surface area contributed by atoms with Crippen LogP contribution < -0.4 is 5.76 Å². The molecule has 1 aliphatic rings. The van der Waals surface area contributed by atoms with Gasteiger partial charge in [0.25, 0.3) is 0 Å². The van der Waals surface area contributed by atoms with Crippen molar-refractivity contribution in [1.29, 1.82) is 0 Å². The summed E-state index contributed by atoms with van der Waals surface area (Å²) in [7, 11) is 0. The van der Waals surface area contributed by atoms with Crippen molar-refractivity contribution in [3.63, 3.8) is 0 Å². The van der Waals surface area contributed by atoms with Gasteiger partial charge < -0.3 is 9.32 Å². The number of Topliss-reactive ketones (excluding diaryl/α,β-unsaturated/α-hetero) is 1. The molecule has 1 aromatic heterocycles. The summed E-state index contributed by atoms with van der Waals surface area (Å²) in [5.74, 6) is -0.362. The van der Waals surface area contributed by atoms with E-state index in [1.54, 1.807) is 18.2 Å². The summed E-state index contributed by atoms with van der Waals surface area (Å²) >= 11 is 5.90. The lowest BCUT2D eigenvalue weighted by atomic mass is 10.1. The summed E-state index contributed by atoms with van der Waals surface area (Å²) in [5, 5.41) is 0.696. The quantitative estimate of drug-likeness (QED) is 0.569. The van der Waals surface area contributed by atoms with Crippen molar-refractivity contribution in [2.45, 2.75) is 19.3 Å². The van der Waals surface area contributed by atoms with Crippen molar-refractivity contribution in [2.24, 2.45) is 0 Å². The Balaban J connectivity index is 1.21. The second-order valence-corrected chi connectivity index (χ2v) is 8.18. The fraction of sp³-hybridized carbons (Fsp3) is 0.348. The van der Waals surface area contributed by atoms with Crippen LogP contribution in [0.15, 0.2) is 51.7 Å². The molecule has 0 atom stereocenters. The average Bonchev–Trinajstić information content (AvgIpc) is 3.16. The second kappa shape index (κ2) is 9.49. The number of nitrogens with one attached hydrogen (secondary N) is 1. The number of ketones is 1. The van der Waals surface area contributed by atoms with Crippen LogP contribution in [0.3, 0.4) is 0 Å². The number of halogens is 1. The highest BCUT2D eigenvalue weighted by atomic mass is 35.5. The van der Waals surface area contributed by atoms with E-state index in [1.165, 1.54) is 0 Å². The van der Waals surface area contributed by atoms with E-state index in [2.05, 4.69) is 9.88 Å². The van der Waals surface area contributed by atoms with Crippen molar-refractivity contribution in [3.8, 4) is 0 Å². The van der Waals surface area contributed by atoms with Crippen molar-refractivity contribution in [1.82, 2.24) is 14.8 Å². The largest absolute Gasteiger partial charge is 0.417 e. The molecular formula is C23H24ClN3O4. The van der Waals surface area contributed by atoms with Crippen molar-refractivity contribution in [2.75, 3.05) is 32.7 Å². The van der Waals surface area contributed by atoms with Crippen LogP contribution in [0.4, 0.5) is 0 Å². The third kappa shape index (κ3) is 5.42. The number of carbonyl (C=O) groups is 2. The molecule has 1 fully saturated rings. The second-order valence-electron chi connectivity index (χ2n) is 7.75. The number of piperazine rings is 1.